The molecule has 1 N–H and O–H groups in total. The molecule has 0 spiro atoms. The van der Waals surface area contributed by atoms with Gasteiger partial charge in [0.05, 0.1) is 4.90 Å². The van der Waals surface area contributed by atoms with E-state index in [0.717, 1.165) is 35.8 Å². The SMILES string of the molecule is O=S(=O)(O)c1ccc(OS(=O)(=O)c2c(C3CC4CCC3C4)cc(C3CC4CCC3C4)cc2C2CC3CCC2C3)cc1. The van der Waals surface area contributed by atoms with Gasteiger partial charge < -0.3 is 4.18 Å². The lowest BCUT2D eigenvalue weighted by Gasteiger charge is -2.32. The fourth-order valence-corrected chi connectivity index (χ4v) is 12.4. The van der Waals surface area contributed by atoms with Gasteiger partial charge in [0.15, 0.2) is 0 Å². The summed E-state index contributed by atoms with van der Waals surface area (Å²) in [5.41, 5.74) is 3.39. The summed E-state index contributed by atoms with van der Waals surface area (Å²) in [7, 11) is -8.58. The molecular weight excluding hydrogens is 556 g/mol. The van der Waals surface area contributed by atoms with Gasteiger partial charge in [0.2, 0.25) is 0 Å². The largest absolute Gasteiger partial charge is 0.379 e. The third-order valence-corrected chi connectivity index (χ3v) is 14.4. The lowest BCUT2D eigenvalue weighted by Crippen LogP contribution is -2.23. The van der Waals surface area contributed by atoms with E-state index < -0.39 is 20.2 Å². The third kappa shape index (κ3) is 4.58. The highest BCUT2D eigenvalue weighted by Crippen LogP contribution is 2.60. The first-order valence-electron chi connectivity index (χ1n) is 15.8. The van der Waals surface area contributed by atoms with E-state index in [0.29, 0.717) is 34.5 Å². The van der Waals surface area contributed by atoms with Crippen molar-refractivity contribution in [2.24, 2.45) is 35.5 Å². The summed E-state index contributed by atoms with van der Waals surface area (Å²) in [4.78, 5) is 0.126. The van der Waals surface area contributed by atoms with Gasteiger partial charge in [-0.15, -0.1) is 0 Å². The van der Waals surface area contributed by atoms with Gasteiger partial charge in [-0.3, -0.25) is 4.55 Å². The fraction of sp³-hybridized carbons (Fsp3) is 0.636. The highest BCUT2D eigenvalue weighted by molar-refractivity contribution is 7.87. The van der Waals surface area contributed by atoms with E-state index in [1.807, 2.05) is 0 Å². The molecule has 8 heteroatoms. The van der Waals surface area contributed by atoms with Gasteiger partial charge in [-0.25, -0.2) is 0 Å². The first-order valence-corrected chi connectivity index (χ1v) is 18.7. The van der Waals surface area contributed by atoms with Gasteiger partial charge in [0, 0.05) is 0 Å². The van der Waals surface area contributed by atoms with Crippen molar-refractivity contribution in [1.82, 2.24) is 0 Å². The molecule has 6 nitrogen and oxygen atoms in total. The first-order chi connectivity index (χ1) is 19.6. The Labute approximate surface area is 244 Å². The quantitative estimate of drug-likeness (QED) is 0.264. The van der Waals surface area contributed by atoms with Crippen molar-refractivity contribution in [2.45, 2.75) is 105 Å². The second-order valence-electron chi connectivity index (χ2n) is 14.4. The zero-order valence-electron chi connectivity index (χ0n) is 23.5. The molecule has 0 radical (unpaired) electrons. The predicted molar refractivity (Wildman–Crippen MR) is 155 cm³/mol. The van der Waals surface area contributed by atoms with Crippen LogP contribution in [0.25, 0.3) is 0 Å². The minimum atomic E-state index is -4.38. The van der Waals surface area contributed by atoms with Gasteiger partial charge >= 0.3 is 10.1 Å². The molecule has 0 aromatic heterocycles. The Morgan fingerprint density at radius 2 is 1.07 bits per heavy atom. The molecule has 6 saturated carbocycles. The molecule has 6 bridgehead atoms. The van der Waals surface area contributed by atoms with E-state index in [-0.39, 0.29) is 22.5 Å². The van der Waals surface area contributed by atoms with Crippen LogP contribution in [-0.2, 0) is 20.2 Å². The van der Waals surface area contributed by atoms with Crippen LogP contribution in [-0.4, -0.2) is 21.4 Å². The van der Waals surface area contributed by atoms with Gasteiger partial charge in [-0.05, 0) is 152 Å². The van der Waals surface area contributed by atoms with E-state index in [9.17, 15) is 21.4 Å². The van der Waals surface area contributed by atoms with Crippen LogP contribution in [0, 0.1) is 35.5 Å². The molecule has 6 aliphatic rings. The normalized spacial score (nSPS) is 37.3. The Morgan fingerprint density at radius 3 is 1.46 bits per heavy atom. The molecule has 9 unspecified atom stereocenters. The van der Waals surface area contributed by atoms with Crippen LogP contribution in [0.5, 0.6) is 5.75 Å². The molecule has 41 heavy (non-hydrogen) atoms. The standard InChI is InChI=1S/C33H40O6S2/c34-40(35,36)27-9-7-26(8-10-27)39-41(37,38)33-31(29-15-20-2-5-23(29)12-20)17-25(28-14-19-1-4-22(28)11-19)18-32(33)30-16-21-3-6-24(30)13-21/h7-10,17-24,28-30H,1-6,11-16H2,(H,34,35,36). The second kappa shape index (κ2) is 9.55. The van der Waals surface area contributed by atoms with Crippen LogP contribution >= 0.6 is 0 Å². The maximum absolute atomic E-state index is 14.4. The van der Waals surface area contributed by atoms with Crippen molar-refractivity contribution >= 4 is 20.2 Å². The predicted octanol–water partition coefficient (Wildman–Crippen LogP) is 7.41. The number of hydrogen-bond acceptors (Lipinski definition) is 5. The van der Waals surface area contributed by atoms with Crippen molar-refractivity contribution in [2.75, 3.05) is 0 Å². The lowest BCUT2D eigenvalue weighted by atomic mass is 9.75. The van der Waals surface area contributed by atoms with Gasteiger partial charge in [-0.2, -0.15) is 16.8 Å². The van der Waals surface area contributed by atoms with Crippen LogP contribution in [0.2, 0.25) is 0 Å². The number of rotatable bonds is 7. The molecule has 0 saturated heterocycles. The Balaban J connectivity index is 1.26. The van der Waals surface area contributed by atoms with Crippen molar-refractivity contribution in [3.05, 3.63) is 53.1 Å². The van der Waals surface area contributed by atoms with Crippen molar-refractivity contribution < 1.29 is 25.6 Å². The van der Waals surface area contributed by atoms with Gasteiger partial charge in [-0.1, -0.05) is 31.4 Å². The molecule has 9 atom stereocenters. The lowest BCUT2D eigenvalue weighted by molar-refractivity contribution is 0.392. The molecule has 6 aliphatic carbocycles. The summed E-state index contributed by atoms with van der Waals surface area (Å²) in [6, 6.07) is 9.60. The zero-order chi connectivity index (χ0) is 28.1. The van der Waals surface area contributed by atoms with Crippen molar-refractivity contribution in [3.8, 4) is 5.75 Å². The summed E-state index contributed by atoms with van der Waals surface area (Å²) >= 11 is 0. The minimum absolute atomic E-state index is 0.0624. The minimum Gasteiger partial charge on any atom is -0.379 e. The maximum atomic E-state index is 14.4. The van der Waals surface area contributed by atoms with Crippen LogP contribution in [0.1, 0.15) is 111 Å². The third-order valence-electron chi connectivity index (χ3n) is 12.2. The topological polar surface area (TPSA) is 97.7 Å². The fourth-order valence-electron chi connectivity index (χ4n) is 10.5. The van der Waals surface area contributed by atoms with Crippen molar-refractivity contribution in [3.63, 3.8) is 0 Å². The molecule has 0 amide bonds. The first kappa shape index (κ1) is 26.7. The molecule has 2 aromatic carbocycles. The Bertz CT molecular complexity index is 1530. The average Bonchev–Trinajstić information content (AvgIpc) is 3.80. The molecule has 0 heterocycles. The van der Waals surface area contributed by atoms with Crippen LogP contribution in [0.4, 0.5) is 0 Å². The highest BCUT2D eigenvalue weighted by Gasteiger charge is 2.48. The summed E-state index contributed by atoms with van der Waals surface area (Å²) in [5, 5.41) is 0. The highest BCUT2D eigenvalue weighted by atomic mass is 32.2. The number of hydrogen-bond donors (Lipinski definition) is 1. The molecular formula is C33H40O6S2. The van der Waals surface area contributed by atoms with E-state index in [4.69, 9.17) is 4.18 Å². The molecule has 8 rings (SSSR count). The van der Waals surface area contributed by atoms with Crippen LogP contribution in [0.15, 0.2) is 46.2 Å². The molecule has 220 valence electrons. The maximum Gasteiger partial charge on any atom is 0.339 e. The Kier molecular flexibility index (Phi) is 6.22. The van der Waals surface area contributed by atoms with E-state index in [1.54, 1.807) is 0 Å². The molecule has 6 fully saturated rings. The number of benzene rings is 2. The Hall–Kier alpha value is -1.90. The Morgan fingerprint density at radius 1 is 0.610 bits per heavy atom. The van der Waals surface area contributed by atoms with Crippen LogP contribution in [0.3, 0.4) is 0 Å². The summed E-state index contributed by atoms with van der Waals surface area (Å²) < 4.78 is 67.1. The van der Waals surface area contributed by atoms with E-state index >= 15 is 0 Å². The average molecular weight is 597 g/mol. The van der Waals surface area contributed by atoms with E-state index in [2.05, 4.69) is 12.1 Å². The van der Waals surface area contributed by atoms with Crippen molar-refractivity contribution in [1.29, 1.82) is 0 Å². The van der Waals surface area contributed by atoms with Gasteiger partial charge in [0.25, 0.3) is 10.1 Å². The van der Waals surface area contributed by atoms with Crippen LogP contribution < -0.4 is 4.18 Å². The second-order valence-corrected chi connectivity index (χ2v) is 17.3. The smallest absolute Gasteiger partial charge is 0.339 e. The summed E-state index contributed by atoms with van der Waals surface area (Å²) in [6.45, 7) is 0. The summed E-state index contributed by atoms with van der Waals surface area (Å²) in [5.74, 6) is 5.08. The zero-order valence-corrected chi connectivity index (χ0v) is 25.1. The van der Waals surface area contributed by atoms with E-state index in [1.165, 1.54) is 94.0 Å². The molecule has 0 aliphatic heterocycles. The number of fused-ring (bicyclic) bond motifs is 6. The monoisotopic (exact) mass is 596 g/mol. The molecule has 2 aromatic rings. The van der Waals surface area contributed by atoms with Gasteiger partial charge in [0.1, 0.15) is 10.6 Å². The summed E-state index contributed by atoms with van der Waals surface area (Å²) in [6.07, 6.45) is 14.6.